The molecule has 0 fully saturated rings. The van der Waals surface area contributed by atoms with Gasteiger partial charge in [-0.2, -0.15) is 13.2 Å². The average Bonchev–Trinajstić information content (AvgIpc) is 3.02. The minimum atomic E-state index is -4.57. The number of nitrogens with zero attached hydrogens (tertiary/aromatic N) is 4. The summed E-state index contributed by atoms with van der Waals surface area (Å²) >= 11 is 0. The molecule has 0 spiro atoms. The number of fused-ring (bicyclic) bond motifs is 1. The first-order valence-corrected chi connectivity index (χ1v) is 9.98. The van der Waals surface area contributed by atoms with Crippen molar-refractivity contribution in [1.29, 1.82) is 0 Å². The van der Waals surface area contributed by atoms with Gasteiger partial charge in [0.25, 0.3) is 0 Å². The van der Waals surface area contributed by atoms with Gasteiger partial charge < -0.3 is 14.0 Å². The minimum Gasteiger partial charge on any atom is -0.490 e. The molecule has 3 rings (SSSR count). The summed E-state index contributed by atoms with van der Waals surface area (Å²) in [5.74, 6) is 1.05. The summed E-state index contributed by atoms with van der Waals surface area (Å²) in [5.41, 5.74) is -0.179. The molecular weight excluding hydrogens is 409 g/mol. The molecule has 0 radical (unpaired) electrons. The number of alkyl halides is 3. The van der Waals surface area contributed by atoms with Gasteiger partial charge in [-0.05, 0) is 6.07 Å². The van der Waals surface area contributed by atoms with Gasteiger partial charge >= 0.3 is 6.18 Å². The first-order valence-electron chi connectivity index (χ1n) is 8.66. The average molecular weight is 428 g/mol. The number of halogens is 3. The van der Waals surface area contributed by atoms with Crippen molar-refractivity contribution in [3.05, 3.63) is 30.2 Å². The molecule has 29 heavy (non-hydrogen) atoms. The van der Waals surface area contributed by atoms with Crippen LogP contribution in [-0.2, 0) is 28.8 Å². The largest absolute Gasteiger partial charge is 0.490 e. The van der Waals surface area contributed by atoms with Gasteiger partial charge in [0, 0.05) is 26.0 Å². The van der Waals surface area contributed by atoms with Crippen LogP contribution in [0.2, 0.25) is 0 Å². The highest BCUT2D eigenvalue weighted by Crippen LogP contribution is 2.32. The maximum atomic E-state index is 13.0. The number of hydrogen-bond donors (Lipinski definition) is 0. The molecule has 3 heterocycles. The van der Waals surface area contributed by atoms with E-state index >= 15 is 0 Å². The quantitative estimate of drug-likeness (QED) is 0.538. The summed E-state index contributed by atoms with van der Waals surface area (Å²) in [5, 5.41) is 0. The van der Waals surface area contributed by atoms with Crippen LogP contribution in [0.1, 0.15) is 12.6 Å². The molecule has 7 nitrogen and oxygen atoms in total. The van der Waals surface area contributed by atoms with E-state index in [2.05, 4.69) is 15.0 Å². The van der Waals surface area contributed by atoms with Crippen molar-refractivity contribution in [2.24, 2.45) is 7.05 Å². The van der Waals surface area contributed by atoms with Gasteiger partial charge in [0.1, 0.15) is 23.7 Å². The zero-order valence-corrected chi connectivity index (χ0v) is 16.8. The number of hydrogen-bond acceptors (Lipinski definition) is 6. The van der Waals surface area contributed by atoms with E-state index in [0.29, 0.717) is 46.6 Å². The van der Waals surface area contributed by atoms with Gasteiger partial charge in [-0.25, -0.2) is 15.0 Å². The number of aryl methyl sites for hydroxylation is 1. The van der Waals surface area contributed by atoms with Crippen LogP contribution in [-0.4, -0.2) is 49.8 Å². The van der Waals surface area contributed by atoms with Gasteiger partial charge in [-0.15, -0.1) is 0 Å². The Hall–Kier alpha value is -2.53. The van der Waals surface area contributed by atoms with Gasteiger partial charge in [0.15, 0.2) is 5.82 Å². The minimum absolute atomic E-state index is 0.125. The maximum absolute atomic E-state index is 13.0. The zero-order valence-electron chi connectivity index (χ0n) is 16.0. The second-order valence-corrected chi connectivity index (χ2v) is 7.75. The Morgan fingerprint density at radius 1 is 1.17 bits per heavy atom. The third-order valence-electron chi connectivity index (χ3n) is 4.16. The molecule has 3 aromatic rings. The van der Waals surface area contributed by atoms with Gasteiger partial charge in [0.05, 0.1) is 45.7 Å². The van der Waals surface area contributed by atoms with Crippen LogP contribution in [0.3, 0.4) is 0 Å². The Morgan fingerprint density at radius 2 is 1.93 bits per heavy atom. The Kier molecular flexibility index (Phi) is 6.18. The van der Waals surface area contributed by atoms with E-state index in [-0.39, 0.29) is 5.52 Å². The SMILES string of the molecule is CCS(=O)c1cc(OCCOC)cnc1-c1nc2cc(C(F)(F)F)ncc2n1C. The fourth-order valence-electron chi connectivity index (χ4n) is 2.70. The molecule has 0 N–H and O–H groups in total. The Balaban J connectivity index is 2.10. The summed E-state index contributed by atoms with van der Waals surface area (Å²) in [6.07, 6.45) is -1.99. The maximum Gasteiger partial charge on any atom is 0.433 e. The molecule has 0 bridgehead atoms. The van der Waals surface area contributed by atoms with Gasteiger partial charge in [-0.1, -0.05) is 6.92 Å². The van der Waals surface area contributed by atoms with Crippen molar-refractivity contribution in [2.45, 2.75) is 18.0 Å². The molecule has 0 saturated carbocycles. The molecule has 0 saturated heterocycles. The van der Waals surface area contributed by atoms with Crippen LogP contribution in [0.25, 0.3) is 22.6 Å². The molecule has 156 valence electrons. The van der Waals surface area contributed by atoms with E-state index in [1.165, 1.54) is 6.20 Å². The molecule has 0 amide bonds. The number of aromatic nitrogens is 4. The van der Waals surface area contributed by atoms with E-state index in [1.807, 2.05) is 0 Å². The fraction of sp³-hybridized carbons (Fsp3) is 0.389. The van der Waals surface area contributed by atoms with Crippen LogP contribution in [0.5, 0.6) is 5.75 Å². The summed E-state index contributed by atoms with van der Waals surface area (Å²) in [6, 6.07) is 2.49. The second-order valence-electron chi connectivity index (χ2n) is 6.04. The van der Waals surface area contributed by atoms with Crippen molar-refractivity contribution in [3.63, 3.8) is 0 Å². The van der Waals surface area contributed by atoms with Crippen LogP contribution >= 0.6 is 0 Å². The van der Waals surface area contributed by atoms with Crippen LogP contribution < -0.4 is 4.74 Å². The van der Waals surface area contributed by atoms with Crippen molar-refractivity contribution >= 4 is 21.8 Å². The topological polar surface area (TPSA) is 79.1 Å². The molecular formula is C18H19F3N4O3S. The first kappa shape index (κ1) is 21.2. The molecule has 1 atom stereocenters. The summed E-state index contributed by atoms with van der Waals surface area (Å²) < 4.78 is 63.5. The van der Waals surface area contributed by atoms with Crippen molar-refractivity contribution < 1.29 is 26.9 Å². The Morgan fingerprint density at radius 3 is 2.59 bits per heavy atom. The third-order valence-corrected chi connectivity index (χ3v) is 5.49. The van der Waals surface area contributed by atoms with E-state index in [9.17, 15) is 17.4 Å². The molecule has 0 aliphatic rings. The number of methoxy groups -OCH3 is 1. The molecule has 0 aromatic carbocycles. The summed E-state index contributed by atoms with van der Waals surface area (Å²) in [6.45, 7) is 2.44. The highest BCUT2D eigenvalue weighted by atomic mass is 32.2. The Labute approximate surface area is 167 Å². The van der Waals surface area contributed by atoms with Crippen LogP contribution in [0, 0.1) is 0 Å². The Bertz CT molecular complexity index is 1050. The lowest BCUT2D eigenvalue weighted by Crippen LogP contribution is -2.07. The van der Waals surface area contributed by atoms with E-state index in [4.69, 9.17) is 9.47 Å². The van der Waals surface area contributed by atoms with Gasteiger partial charge in [-0.3, -0.25) is 4.21 Å². The highest BCUT2D eigenvalue weighted by Gasteiger charge is 2.33. The number of rotatable bonds is 7. The molecule has 3 aromatic heterocycles. The third kappa shape index (κ3) is 4.40. The molecule has 1 unspecified atom stereocenters. The number of ether oxygens (including phenoxy) is 2. The predicted octanol–water partition coefficient (Wildman–Crippen LogP) is 3.20. The molecule has 0 aliphatic carbocycles. The van der Waals surface area contributed by atoms with Crippen molar-refractivity contribution in [3.8, 4) is 17.3 Å². The second kappa shape index (κ2) is 8.46. The lowest BCUT2D eigenvalue weighted by Gasteiger charge is -2.11. The summed E-state index contributed by atoms with van der Waals surface area (Å²) in [7, 11) is 1.80. The smallest absolute Gasteiger partial charge is 0.433 e. The number of imidazole rings is 1. The van der Waals surface area contributed by atoms with Crippen LogP contribution in [0.15, 0.2) is 29.4 Å². The lowest BCUT2D eigenvalue weighted by molar-refractivity contribution is -0.141. The molecule has 0 aliphatic heterocycles. The predicted molar refractivity (Wildman–Crippen MR) is 101 cm³/mol. The standard InChI is InChI=1S/C18H19F3N4O3S/c1-4-29(26)14-7-11(28-6-5-27-3)9-23-16(14)17-24-12-8-15(18(19,20)21)22-10-13(12)25(17)2/h7-10H,4-6H2,1-3H3. The van der Waals surface area contributed by atoms with Gasteiger partial charge in [0.2, 0.25) is 0 Å². The zero-order chi connectivity index (χ0) is 21.2. The normalized spacial score (nSPS) is 13.0. The highest BCUT2D eigenvalue weighted by molar-refractivity contribution is 7.85. The van der Waals surface area contributed by atoms with E-state index < -0.39 is 22.7 Å². The van der Waals surface area contributed by atoms with E-state index in [1.54, 1.807) is 31.7 Å². The van der Waals surface area contributed by atoms with Crippen molar-refractivity contribution in [2.75, 3.05) is 26.1 Å². The monoisotopic (exact) mass is 428 g/mol. The van der Waals surface area contributed by atoms with Crippen molar-refractivity contribution in [1.82, 2.24) is 19.5 Å². The number of pyridine rings is 2. The summed E-state index contributed by atoms with van der Waals surface area (Å²) in [4.78, 5) is 12.5. The van der Waals surface area contributed by atoms with E-state index in [0.717, 1.165) is 12.3 Å². The lowest BCUT2D eigenvalue weighted by atomic mass is 10.3. The first-order chi connectivity index (χ1) is 13.8. The fourth-order valence-corrected chi connectivity index (χ4v) is 3.62. The van der Waals surface area contributed by atoms with Crippen LogP contribution in [0.4, 0.5) is 13.2 Å². The molecule has 11 heteroatoms.